The van der Waals surface area contributed by atoms with Gasteiger partial charge in [0.15, 0.2) is 0 Å². The van der Waals surface area contributed by atoms with Gasteiger partial charge in [-0.15, -0.1) is 0 Å². The highest BCUT2D eigenvalue weighted by atomic mass is 16.2. The minimum Gasteiger partial charge on any atom is -0.342 e. The molecule has 1 unspecified atom stereocenters. The van der Waals surface area contributed by atoms with Gasteiger partial charge in [0.2, 0.25) is 5.91 Å². The van der Waals surface area contributed by atoms with E-state index in [4.69, 9.17) is 0 Å². The first-order valence-electron chi connectivity index (χ1n) is 8.52. The zero-order valence-corrected chi connectivity index (χ0v) is 12.9. The van der Waals surface area contributed by atoms with E-state index in [2.05, 4.69) is 22.0 Å². The number of carbonyl (C=O) groups is 1. The molecule has 4 rings (SSSR count). The van der Waals surface area contributed by atoms with Crippen molar-refractivity contribution in [2.24, 2.45) is 17.3 Å². The number of nitrogens with one attached hydrogen (secondary N) is 1. The topological polar surface area (TPSA) is 49.0 Å². The van der Waals surface area contributed by atoms with Crippen molar-refractivity contribution in [3.63, 3.8) is 0 Å². The second-order valence-corrected chi connectivity index (χ2v) is 7.34. The van der Waals surface area contributed by atoms with Crippen LogP contribution in [0.25, 0.3) is 0 Å². The lowest BCUT2D eigenvalue weighted by atomic mass is 9.78. The molecule has 116 valence electrons. The number of likely N-dealkylation sites (tertiary alicyclic amines) is 1. The van der Waals surface area contributed by atoms with Crippen LogP contribution in [0.1, 0.15) is 51.7 Å². The highest BCUT2D eigenvalue weighted by Gasteiger charge is 2.49. The van der Waals surface area contributed by atoms with Crippen molar-refractivity contribution in [3.8, 4) is 0 Å². The molecular formula is C17H27N3O. The van der Waals surface area contributed by atoms with E-state index >= 15 is 0 Å². The van der Waals surface area contributed by atoms with Crippen LogP contribution in [0.15, 0.2) is 6.20 Å². The van der Waals surface area contributed by atoms with Crippen LogP contribution in [0.3, 0.4) is 0 Å². The molecule has 0 radical (unpaired) electrons. The Morgan fingerprint density at radius 1 is 1.57 bits per heavy atom. The number of H-pyrrole nitrogens is 1. The molecule has 21 heavy (non-hydrogen) atoms. The van der Waals surface area contributed by atoms with Gasteiger partial charge >= 0.3 is 0 Å². The van der Waals surface area contributed by atoms with Crippen LogP contribution in [-0.2, 0) is 17.6 Å². The minimum atomic E-state index is 0. The summed E-state index contributed by atoms with van der Waals surface area (Å²) in [5.74, 6) is 1.33. The summed E-state index contributed by atoms with van der Waals surface area (Å²) in [5, 5.41) is 7.19. The van der Waals surface area contributed by atoms with Crippen LogP contribution in [0, 0.1) is 17.3 Å². The average Bonchev–Trinajstić information content (AvgIpc) is 3.18. The summed E-state index contributed by atoms with van der Waals surface area (Å²) in [6.45, 7) is 4.34. The molecule has 0 aromatic carbocycles. The lowest BCUT2D eigenvalue weighted by Gasteiger charge is -2.29. The number of hydrogen-bond acceptors (Lipinski definition) is 2. The van der Waals surface area contributed by atoms with E-state index in [-0.39, 0.29) is 7.34 Å². The predicted octanol–water partition coefficient (Wildman–Crippen LogP) is 2.80. The molecule has 2 heterocycles. The van der Waals surface area contributed by atoms with Crippen molar-refractivity contribution in [2.75, 3.05) is 13.1 Å². The van der Waals surface area contributed by atoms with Crippen LogP contribution >= 0.6 is 0 Å². The molecule has 1 amide bonds. The number of amides is 1. The number of rotatable bonds is 2. The summed E-state index contributed by atoms with van der Waals surface area (Å²) in [6, 6.07) is 0. The molecule has 1 aliphatic heterocycles. The summed E-state index contributed by atoms with van der Waals surface area (Å²) in [7, 11) is 0. The first kappa shape index (κ1) is 13.4. The third-order valence-electron chi connectivity index (χ3n) is 6.43. The molecule has 1 N–H and O–H groups in total. The fourth-order valence-electron chi connectivity index (χ4n) is 5.04. The molecule has 3 atom stereocenters. The number of aryl methyl sites for hydroxylation is 1. The average molecular weight is 289 g/mol. The lowest BCUT2D eigenvalue weighted by molar-refractivity contribution is -0.135. The SMILES string of the molecule is CC[C@]12CCC[C@H]1CN(C(=O)C1CCc3cn[nH]c3C1)C2.[HH]. The zero-order valence-electron chi connectivity index (χ0n) is 12.9. The first-order chi connectivity index (χ1) is 10.2. The Balaban J connectivity index is 0.00000144. The van der Waals surface area contributed by atoms with E-state index in [1.165, 1.54) is 36.9 Å². The molecule has 2 aliphatic carbocycles. The summed E-state index contributed by atoms with van der Waals surface area (Å²) in [6.07, 6.45) is 10.0. The van der Waals surface area contributed by atoms with Crippen LogP contribution in [0.2, 0.25) is 0 Å². The monoisotopic (exact) mass is 289 g/mol. The smallest absolute Gasteiger partial charge is 0.226 e. The van der Waals surface area contributed by atoms with Crippen LogP contribution in [0.4, 0.5) is 0 Å². The van der Waals surface area contributed by atoms with E-state index in [9.17, 15) is 4.79 Å². The van der Waals surface area contributed by atoms with Gasteiger partial charge in [-0.2, -0.15) is 5.10 Å². The van der Waals surface area contributed by atoms with Gasteiger partial charge in [0.25, 0.3) is 0 Å². The number of hydrogen-bond donors (Lipinski definition) is 1. The maximum Gasteiger partial charge on any atom is 0.226 e. The van der Waals surface area contributed by atoms with Crippen molar-refractivity contribution >= 4 is 5.91 Å². The van der Waals surface area contributed by atoms with E-state index in [1.54, 1.807) is 0 Å². The van der Waals surface area contributed by atoms with E-state index < -0.39 is 0 Å². The maximum atomic E-state index is 12.9. The summed E-state index contributed by atoms with van der Waals surface area (Å²) in [5.41, 5.74) is 2.94. The van der Waals surface area contributed by atoms with Gasteiger partial charge in [0.1, 0.15) is 0 Å². The number of nitrogens with zero attached hydrogens (tertiary/aromatic N) is 2. The van der Waals surface area contributed by atoms with Crippen molar-refractivity contribution in [1.82, 2.24) is 15.1 Å². The van der Waals surface area contributed by atoms with Crippen molar-refractivity contribution in [2.45, 2.75) is 51.9 Å². The normalized spacial score (nSPS) is 34.8. The van der Waals surface area contributed by atoms with E-state index in [1.807, 2.05) is 6.20 Å². The van der Waals surface area contributed by atoms with Gasteiger partial charge in [-0.25, -0.2) is 0 Å². The summed E-state index contributed by atoms with van der Waals surface area (Å²) < 4.78 is 0. The molecule has 1 saturated heterocycles. The van der Waals surface area contributed by atoms with Crippen molar-refractivity contribution in [3.05, 3.63) is 17.5 Å². The minimum absolute atomic E-state index is 0. The third kappa shape index (κ3) is 2.02. The Bertz CT molecular complexity index is 558. The van der Waals surface area contributed by atoms with Gasteiger partial charge < -0.3 is 4.90 Å². The van der Waals surface area contributed by atoms with Gasteiger partial charge in [-0.1, -0.05) is 13.3 Å². The highest BCUT2D eigenvalue weighted by molar-refractivity contribution is 5.80. The molecule has 1 aromatic rings. The number of fused-ring (bicyclic) bond motifs is 2. The van der Waals surface area contributed by atoms with E-state index in [0.717, 1.165) is 38.3 Å². The largest absolute Gasteiger partial charge is 0.342 e. The number of aromatic nitrogens is 2. The lowest BCUT2D eigenvalue weighted by Crippen LogP contribution is -2.38. The fourth-order valence-corrected chi connectivity index (χ4v) is 5.04. The van der Waals surface area contributed by atoms with Crippen molar-refractivity contribution < 1.29 is 6.22 Å². The summed E-state index contributed by atoms with van der Waals surface area (Å²) in [4.78, 5) is 15.1. The number of carbonyl (C=O) groups excluding carboxylic acids is 1. The van der Waals surface area contributed by atoms with Crippen molar-refractivity contribution in [1.29, 1.82) is 0 Å². The molecule has 3 aliphatic rings. The van der Waals surface area contributed by atoms with Gasteiger partial charge in [-0.3, -0.25) is 9.89 Å². The summed E-state index contributed by atoms with van der Waals surface area (Å²) >= 11 is 0. The second-order valence-electron chi connectivity index (χ2n) is 7.34. The Labute approximate surface area is 127 Å². The standard InChI is InChI=1S/C17H25N3O.H2/c1-2-17-7-3-4-14(17)10-20(11-17)16(21)12-5-6-13-9-18-19-15(13)8-12;/h9,12,14H,2-8,10-11H2,1H3,(H,18,19);1H/t12?,14-,17+;/m0./s1. The van der Waals surface area contributed by atoms with E-state index in [0.29, 0.717) is 11.3 Å². The van der Waals surface area contributed by atoms with Gasteiger partial charge in [0, 0.05) is 32.5 Å². The predicted molar refractivity (Wildman–Crippen MR) is 82.9 cm³/mol. The molecule has 1 aromatic heterocycles. The highest BCUT2D eigenvalue weighted by Crippen LogP contribution is 2.51. The van der Waals surface area contributed by atoms with Crippen LogP contribution < -0.4 is 0 Å². The first-order valence-corrected chi connectivity index (χ1v) is 8.52. The molecular weight excluding hydrogens is 262 g/mol. The molecule has 4 heteroatoms. The molecule has 4 nitrogen and oxygen atoms in total. The Hall–Kier alpha value is -1.32. The van der Waals surface area contributed by atoms with Crippen LogP contribution in [0.5, 0.6) is 0 Å². The number of aromatic amines is 1. The molecule has 2 fully saturated rings. The fraction of sp³-hybridized carbons (Fsp3) is 0.765. The Morgan fingerprint density at radius 2 is 2.48 bits per heavy atom. The van der Waals surface area contributed by atoms with Crippen LogP contribution in [-0.4, -0.2) is 34.1 Å². The van der Waals surface area contributed by atoms with Gasteiger partial charge in [-0.05, 0) is 49.0 Å². The maximum absolute atomic E-state index is 12.9. The molecule has 1 saturated carbocycles. The molecule has 0 bridgehead atoms. The Kier molecular flexibility index (Phi) is 3.09. The van der Waals surface area contributed by atoms with Gasteiger partial charge in [0.05, 0.1) is 6.20 Å². The zero-order chi connectivity index (χ0) is 14.4. The quantitative estimate of drug-likeness (QED) is 0.910. The Morgan fingerprint density at radius 3 is 3.29 bits per heavy atom. The second kappa shape index (κ2) is 4.85. The third-order valence-corrected chi connectivity index (χ3v) is 6.43. The molecule has 0 spiro atoms.